The summed E-state index contributed by atoms with van der Waals surface area (Å²) in [6, 6.07) is 5.09. The smallest absolute Gasteiger partial charge is 0.251 e. The molecule has 3 unspecified atom stereocenters. The number of ether oxygens (including phenoxy) is 1. The molecule has 150 valence electrons. The highest BCUT2D eigenvalue weighted by molar-refractivity contribution is 7.89. The Morgan fingerprint density at radius 2 is 1.89 bits per heavy atom. The van der Waals surface area contributed by atoms with Crippen LogP contribution in [0.15, 0.2) is 23.1 Å². The molecule has 2 aliphatic rings. The Balaban J connectivity index is 1.81. The van der Waals surface area contributed by atoms with Gasteiger partial charge in [0.05, 0.1) is 18.1 Å². The lowest BCUT2D eigenvalue weighted by molar-refractivity contribution is 0.0730. The van der Waals surface area contributed by atoms with Gasteiger partial charge in [0.1, 0.15) is 0 Å². The van der Waals surface area contributed by atoms with Crippen LogP contribution in [0.3, 0.4) is 0 Å². The molecular weight excluding hydrogens is 364 g/mol. The van der Waals surface area contributed by atoms with E-state index in [4.69, 9.17) is 4.74 Å². The summed E-state index contributed by atoms with van der Waals surface area (Å²) in [6.07, 6.45) is 3.28. The average molecular weight is 395 g/mol. The Labute approximate surface area is 162 Å². The Kier molecular flexibility index (Phi) is 6.23. The SMILES string of the molecule is Cc1ccc(C(=O)NC2CCCC(C)C2C)cc1S(=O)(=O)N1CCOCC1. The van der Waals surface area contributed by atoms with Gasteiger partial charge in [0.15, 0.2) is 0 Å². The van der Waals surface area contributed by atoms with Crippen molar-refractivity contribution in [1.29, 1.82) is 0 Å². The number of benzene rings is 1. The molecule has 1 saturated carbocycles. The third-order valence-electron chi connectivity index (χ3n) is 6.06. The fourth-order valence-electron chi connectivity index (χ4n) is 3.98. The number of nitrogens with zero attached hydrogens (tertiary/aromatic N) is 1. The second kappa shape index (κ2) is 8.29. The maximum Gasteiger partial charge on any atom is 0.251 e. The van der Waals surface area contributed by atoms with Crippen molar-refractivity contribution in [3.05, 3.63) is 29.3 Å². The third kappa shape index (κ3) is 4.36. The Morgan fingerprint density at radius 3 is 2.59 bits per heavy atom. The minimum atomic E-state index is -3.63. The Morgan fingerprint density at radius 1 is 1.19 bits per heavy atom. The molecule has 0 aromatic heterocycles. The zero-order valence-corrected chi connectivity index (χ0v) is 17.2. The number of aryl methyl sites for hydroxylation is 1. The zero-order chi connectivity index (χ0) is 19.6. The standard InChI is InChI=1S/C20H30N2O4S/c1-14-5-4-6-18(16(14)3)21-20(23)17-8-7-15(2)19(13-17)27(24,25)22-9-11-26-12-10-22/h7-8,13-14,16,18H,4-6,9-12H2,1-3H3,(H,21,23). The van der Waals surface area contributed by atoms with Crippen molar-refractivity contribution in [2.75, 3.05) is 26.3 Å². The summed E-state index contributed by atoms with van der Waals surface area (Å²) < 4.78 is 32.7. The van der Waals surface area contributed by atoms with Crippen LogP contribution in [-0.4, -0.2) is 51.0 Å². The molecular formula is C20H30N2O4S. The molecule has 0 spiro atoms. The molecule has 3 rings (SSSR count). The molecule has 6 nitrogen and oxygen atoms in total. The summed E-state index contributed by atoms with van der Waals surface area (Å²) in [4.78, 5) is 13.0. The van der Waals surface area contributed by atoms with Gasteiger partial charge in [0.25, 0.3) is 5.91 Å². The van der Waals surface area contributed by atoms with Crippen LogP contribution in [0.2, 0.25) is 0 Å². The van der Waals surface area contributed by atoms with E-state index in [1.54, 1.807) is 19.1 Å². The minimum Gasteiger partial charge on any atom is -0.379 e. The van der Waals surface area contributed by atoms with E-state index in [-0.39, 0.29) is 16.8 Å². The maximum absolute atomic E-state index is 13.0. The summed E-state index contributed by atoms with van der Waals surface area (Å²) in [7, 11) is -3.63. The summed E-state index contributed by atoms with van der Waals surface area (Å²) in [5.74, 6) is 0.809. The topological polar surface area (TPSA) is 75.7 Å². The van der Waals surface area contributed by atoms with Crippen LogP contribution in [0, 0.1) is 18.8 Å². The van der Waals surface area contributed by atoms with Gasteiger partial charge in [0, 0.05) is 24.7 Å². The van der Waals surface area contributed by atoms with Crippen molar-refractivity contribution in [2.45, 2.75) is 51.0 Å². The largest absolute Gasteiger partial charge is 0.379 e. The van der Waals surface area contributed by atoms with E-state index in [1.807, 2.05) is 0 Å². The van der Waals surface area contributed by atoms with Gasteiger partial charge in [-0.25, -0.2) is 8.42 Å². The van der Waals surface area contributed by atoms with Gasteiger partial charge in [-0.05, 0) is 42.9 Å². The number of morpholine rings is 1. The van der Waals surface area contributed by atoms with Gasteiger partial charge in [-0.1, -0.05) is 32.8 Å². The average Bonchev–Trinajstić information content (AvgIpc) is 2.66. The summed E-state index contributed by atoms with van der Waals surface area (Å²) in [5.41, 5.74) is 1.05. The number of sulfonamides is 1. The number of nitrogens with one attached hydrogen (secondary N) is 1. The van der Waals surface area contributed by atoms with E-state index >= 15 is 0 Å². The highest BCUT2D eigenvalue weighted by Crippen LogP contribution is 2.30. The van der Waals surface area contributed by atoms with Gasteiger partial charge < -0.3 is 10.1 Å². The van der Waals surface area contributed by atoms with E-state index in [0.29, 0.717) is 49.3 Å². The highest BCUT2D eigenvalue weighted by Gasteiger charge is 2.30. The number of carbonyl (C=O) groups excluding carboxylic acids is 1. The van der Waals surface area contributed by atoms with Gasteiger partial charge in [-0.3, -0.25) is 4.79 Å². The van der Waals surface area contributed by atoms with Crippen LogP contribution < -0.4 is 5.32 Å². The maximum atomic E-state index is 13.0. The first-order chi connectivity index (χ1) is 12.8. The van der Waals surface area contributed by atoms with Crippen molar-refractivity contribution in [2.24, 2.45) is 11.8 Å². The van der Waals surface area contributed by atoms with Gasteiger partial charge in [-0.2, -0.15) is 4.31 Å². The highest BCUT2D eigenvalue weighted by atomic mass is 32.2. The molecule has 1 aromatic carbocycles. The molecule has 1 heterocycles. The molecule has 0 bridgehead atoms. The number of amides is 1. The van der Waals surface area contributed by atoms with E-state index in [9.17, 15) is 13.2 Å². The molecule has 1 aromatic rings. The first-order valence-corrected chi connectivity index (χ1v) is 11.2. The molecule has 2 fully saturated rings. The molecule has 1 amide bonds. The van der Waals surface area contributed by atoms with Crippen molar-refractivity contribution in [3.63, 3.8) is 0 Å². The molecule has 7 heteroatoms. The van der Waals surface area contributed by atoms with Gasteiger partial charge >= 0.3 is 0 Å². The van der Waals surface area contributed by atoms with Crippen LogP contribution in [-0.2, 0) is 14.8 Å². The Bertz CT molecular complexity index is 787. The Hall–Kier alpha value is -1.44. The molecule has 3 atom stereocenters. The lowest BCUT2D eigenvalue weighted by Crippen LogP contribution is -2.44. The van der Waals surface area contributed by atoms with Crippen molar-refractivity contribution in [1.82, 2.24) is 9.62 Å². The quantitative estimate of drug-likeness (QED) is 0.852. The van der Waals surface area contributed by atoms with E-state index in [1.165, 1.54) is 16.8 Å². The van der Waals surface area contributed by atoms with Crippen molar-refractivity contribution < 1.29 is 17.9 Å². The fourth-order valence-corrected chi connectivity index (χ4v) is 5.64. The van der Waals surface area contributed by atoms with E-state index in [2.05, 4.69) is 19.2 Å². The summed E-state index contributed by atoms with van der Waals surface area (Å²) in [6.45, 7) is 7.65. The summed E-state index contributed by atoms with van der Waals surface area (Å²) >= 11 is 0. The minimum absolute atomic E-state index is 0.141. The lowest BCUT2D eigenvalue weighted by atomic mass is 9.78. The van der Waals surface area contributed by atoms with Crippen molar-refractivity contribution >= 4 is 15.9 Å². The number of hydrogen-bond acceptors (Lipinski definition) is 4. The molecule has 1 aliphatic heterocycles. The fraction of sp³-hybridized carbons (Fsp3) is 0.650. The second-order valence-electron chi connectivity index (χ2n) is 7.84. The summed E-state index contributed by atoms with van der Waals surface area (Å²) in [5, 5.41) is 3.13. The normalized spacial score (nSPS) is 27.3. The van der Waals surface area contributed by atoms with Crippen molar-refractivity contribution in [3.8, 4) is 0 Å². The zero-order valence-electron chi connectivity index (χ0n) is 16.4. The van der Waals surface area contributed by atoms with Crippen LogP contribution in [0.25, 0.3) is 0 Å². The van der Waals surface area contributed by atoms with Gasteiger partial charge in [-0.15, -0.1) is 0 Å². The number of hydrogen-bond donors (Lipinski definition) is 1. The van der Waals surface area contributed by atoms with Crippen LogP contribution >= 0.6 is 0 Å². The molecule has 1 saturated heterocycles. The van der Waals surface area contributed by atoms with Crippen LogP contribution in [0.1, 0.15) is 49.0 Å². The monoisotopic (exact) mass is 394 g/mol. The van der Waals surface area contributed by atoms with Gasteiger partial charge in [0.2, 0.25) is 10.0 Å². The predicted molar refractivity (Wildman–Crippen MR) is 104 cm³/mol. The predicted octanol–water partition coefficient (Wildman–Crippen LogP) is 2.57. The third-order valence-corrected chi connectivity index (χ3v) is 8.10. The first-order valence-electron chi connectivity index (χ1n) is 9.80. The number of rotatable bonds is 4. The van der Waals surface area contributed by atoms with E-state index in [0.717, 1.165) is 12.8 Å². The molecule has 0 radical (unpaired) electrons. The second-order valence-corrected chi connectivity index (χ2v) is 9.75. The number of carbonyl (C=O) groups is 1. The molecule has 27 heavy (non-hydrogen) atoms. The van der Waals surface area contributed by atoms with Crippen LogP contribution in [0.4, 0.5) is 0 Å². The van der Waals surface area contributed by atoms with Crippen LogP contribution in [0.5, 0.6) is 0 Å². The molecule has 1 aliphatic carbocycles. The molecule has 1 N–H and O–H groups in total. The first kappa shape index (κ1) is 20.3. The van der Waals surface area contributed by atoms with E-state index < -0.39 is 10.0 Å². The lowest BCUT2D eigenvalue weighted by Gasteiger charge is -2.34.